The zero-order valence-corrected chi connectivity index (χ0v) is 16.2. The molecule has 2 aromatic rings. The number of piperidine rings is 2. The predicted molar refractivity (Wildman–Crippen MR) is 104 cm³/mol. The molecular weight excluding hydrogens is 324 g/mol. The minimum atomic E-state index is 0.283. The molecule has 0 radical (unpaired) electrons. The monoisotopic (exact) mass is 354 g/mol. The average molecular weight is 354 g/mol. The summed E-state index contributed by atoms with van der Waals surface area (Å²) in [5, 5.41) is 4.20. The molecule has 26 heavy (non-hydrogen) atoms. The molecule has 2 fully saturated rings. The van der Waals surface area contributed by atoms with Gasteiger partial charge in [0.25, 0.3) is 5.95 Å². The minimum absolute atomic E-state index is 0.283. The summed E-state index contributed by atoms with van der Waals surface area (Å²) in [6, 6.07) is 11.0. The van der Waals surface area contributed by atoms with Crippen LogP contribution in [-0.2, 0) is 0 Å². The second-order valence-electron chi connectivity index (χ2n) is 8.58. The van der Waals surface area contributed by atoms with Gasteiger partial charge in [-0.25, -0.2) is 0 Å². The van der Waals surface area contributed by atoms with Crippen LogP contribution in [0.1, 0.15) is 56.4 Å². The van der Waals surface area contributed by atoms with E-state index in [9.17, 15) is 0 Å². The van der Waals surface area contributed by atoms with E-state index in [2.05, 4.69) is 71.2 Å². The van der Waals surface area contributed by atoms with Crippen LogP contribution in [0.15, 0.2) is 34.9 Å². The van der Waals surface area contributed by atoms with Crippen molar-refractivity contribution in [3.8, 4) is 0 Å². The van der Waals surface area contributed by atoms with Crippen LogP contribution in [0.25, 0.3) is 0 Å². The van der Waals surface area contributed by atoms with Gasteiger partial charge in [-0.2, -0.15) is 4.98 Å². The van der Waals surface area contributed by atoms with E-state index in [1.807, 2.05) is 0 Å². The molecular formula is C21H30N4O. The lowest BCUT2D eigenvalue weighted by atomic mass is 9.68. The van der Waals surface area contributed by atoms with Crippen LogP contribution in [0.3, 0.4) is 0 Å². The molecule has 5 heteroatoms. The number of anilines is 1. The first-order valence-electron chi connectivity index (χ1n) is 9.87. The van der Waals surface area contributed by atoms with Crippen molar-refractivity contribution in [1.82, 2.24) is 15.0 Å². The maximum absolute atomic E-state index is 5.40. The Morgan fingerprint density at radius 1 is 1.15 bits per heavy atom. The summed E-state index contributed by atoms with van der Waals surface area (Å²) in [5.74, 6) is 2.43. The molecule has 1 spiro atoms. The van der Waals surface area contributed by atoms with Crippen molar-refractivity contribution >= 4 is 5.95 Å². The lowest BCUT2D eigenvalue weighted by Crippen LogP contribution is -2.50. The van der Waals surface area contributed by atoms with Gasteiger partial charge in [0.15, 0.2) is 0 Å². The molecule has 1 aromatic heterocycles. The summed E-state index contributed by atoms with van der Waals surface area (Å²) in [5.41, 5.74) is 1.90. The predicted octanol–water partition coefficient (Wildman–Crippen LogP) is 3.90. The maximum atomic E-state index is 5.40. The van der Waals surface area contributed by atoms with Gasteiger partial charge in [-0.1, -0.05) is 44.2 Å². The van der Waals surface area contributed by atoms with Crippen LogP contribution in [-0.4, -0.2) is 48.3 Å². The van der Waals surface area contributed by atoms with Crippen molar-refractivity contribution in [3.63, 3.8) is 0 Å². The van der Waals surface area contributed by atoms with E-state index in [1.165, 1.54) is 31.4 Å². The van der Waals surface area contributed by atoms with Gasteiger partial charge in [0.1, 0.15) is 0 Å². The first-order chi connectivity index (χ1) is 12.5. The Morgan fingerprint density at radius 2 is 1.88 bits per heavy atom. The normalized spacial score (nSPS) is 23.7. The lowest BCUT2D eigenvalue weighted by Gasteiger charge is -2.49. The molecule has 2 aliphatic heterocycles. The Bertz CT molecular complexity index is 719. The van der Waals surface area contributed by atoms with E-state index >= 15 is 0 Å². The summed E-state index contributed by atoms with van der Waals surface area (Å²) >= 11 is 0. The Morgan fingerprint density at radius 3 is 2.54 bits per heavy atom. The van der Waals surface area contributed by atoms with E-state index in [-0.39, 0.29) is 5.92 Å². The lowest BCUT2D eigenvalue weighted by molar-refractivity contribution is 0.0668. The highest BCUT2D eigenvalue weighted by atomic mass is 16.5. The highest BCUT2D eigenvalue weighted by Gasteiger charge is 2.41. The molecule has 5 nitrogen and oxygen atoms in total. The van der Waals surface area contributed by atoms with Crippen LogP contribution >= 0.6 is 0 Å². The molecule has 140 valence electrons. The van der Waals surface area contributed by atoms with Gasteiger partial charge < -0.3 is 14.3 Å². The second kappa shape index (κ2) is 7.03. The van der Waals surface area contributed by atoms with Gasteiger partial charge in [0.2, 0.25) is 5.89 Å². The quantitative estimate of drug-likeness (QED) is 0.836. The van der Waals surface area contributed by atoms with Crippen LogP contribution in [0.4, 0.5) is 5.95 Å². The fraction of sp³-hybridized carbons (Fsp3) is 0.619. The summed E-state index contributed by atoms with van der Waals surface area (Å²) in [4.78, 5) is 9.41. The third-order valence-electron chi connectivity index (χ3n) is 6.12. The summed E-state index contributed by atoms with van der Waals surface area (Å²) in [7, 11) is 2.28. The fourth-order valence-electron chi connectivity index (χ4n) is 4.75. The molecule has 0 aliphatic carbocycles. The minimum Gasteiger partial charge on any atom is -0.338 e. The van der Waals surface area contributed by atoms with Gasteiger partial charge in [-0.3, -0.25) is 0 Å². The second-order valence-corrected chi connectivity index (χ2v) is 8.58. The molecule has 4 rings (SSSR count). The summed E-state index contributed by atoms with van der Waals surface area (Å²) in [6.07, 6.45) is 3.69. The molecule has 0 amide bonds. The van der Waals surface area contributed by atoms with Crippen LogP contribution in [0.5, 0.6) is 0 Å². The third kappa shape index (κ3) is 3.50. The third-order valence-corrected chi connectivity index (χ3v) is 6.12. The molecule has 0 saturated carbocycles. The number of hydrogen-bond acceptors (Lipinski definition) is 5. The van der Waals surface area contributed by atoms with E-state index < -0.39 is 0 Å². The highest BCUT2D eigenvalue weighted by molar-refractivity contribution is 5.30. The van der Waals surface area contributed by atoms with Crippen molar-refractivity contribution < 1.29 is 4.52 Å². The first kappa shape index (κ1) is 17.5. The zero-order chi connectivity index (χ0) is 18.1. The van der Waals surface area contributed by atoms with Crippen LogP contribution in [0, 0.1) is 5.41 Å². The molecule has 3 heterocycles. The van der Waals surface area contributed by atoms with Gasteiger partial charge >= 0.3 is 0 Å². The SMILES string of the molecule is CC(C)c1nc(N2CCC3(CC2)CC(c2ccccc2)CN(C)C3)no1. The topological polar surface area (TPSA) is 45.4 Å². The van der Waals surface area contributed by atoms with E-state index in [1.54, 1.807) is 0 Å². The van der Waals surface area contributed by atoms with E-state index in [0.29, 0.717) is 11.3 Å². The summed E-state index contributed by atoms with van der Waals surface area (Å²) < 4.78 is 5.40. The Kier molecular flexibility index (Phi) is 4.74. The number of nitrogens with zero attached hydrogens (tertiary/aromatic N) is 4. The molecule has 2 saturated heterocycles. The smallest absolute Gasteiger partial charge is 0.266 e. The molecule has 1 unspecified atom stereocenters. The van der Waals surface area contributed by atoms with E-state index in [4.69, 9.17) is 4.52 Å². The Balaban J connectivity index is 1.45. The van der Waals surface area contributed by atoms with Crippen molar-refractivity contribution in [2.45, 2.75) is 44.9 Å². The number of likely N-dealkylation sites (tertiary alicyclic amines) is 1. The van der Waals surface area contributed by atoms with Gasteiger partial charge in [0, 0.05) is 32.1 Å². The zero-order valence-electron chi connectivity index (χ0n) is 16.2. The van der Waals surface area contributed by atoms with Gasteiger partial charge in [-0.05, 0) is 48.4 Å². The van der Waals surface area contributed by atoms with Gasteiger partial charge in [-0.15, -0.1) is 0 Å². The van der Waals surface area contributed by atoms with Crippen LogP contribution in [0.2, 0.25) is 0 Å². The van der Waals surface area contributed by atoms with Crippen molar-refractivity contribution in [2.75, 3.05) is 38.1 Å². The number of aromatic nitrogens is 2. The number of benzene rings is 1. The maximum Gasteiger partial charge on any atom is 0.266 e. The number of likely N-dealkylation sites (N-methyl/N-ethyl adjacent to an activating group) is 1. The molecule has 0 N–H and O–H groups in total. The van der Waals surface area contributed by atoms with Crippen LogP contribution < -0.4 is 4.90 Å². The van der Waals surface area contributed by atoms with Crippen molar-refractivity contribution in [3.05, 3.63) is 41.8 Å². The summed E-state index contributed by atoms with van der Waals surface area (Å²) in [6.45, 7) is 8.58. The first-order valence-corrected chi connectivity index (χ1v) is 9.87. The van der Waals surface area contributed by atoms with Gasteiger partial charge in [0.05, 0.1) is 0 Å². The molecule has 0 bridgehead atoms. The highest BCUT2D eigenvalue weighted by Crippen LogP contribution is 2.45. The Hall–Kier alpha value is -1.88. The van der Waals surface area contributed by atoms with Crippen molar-refractivity contribution in [1.29, 1.82) is 0 Å². The molecule has 1 atom stereocenters. The van der Waals surface area contributed by atoms with E-state index in [0.717, 1.165) is 31.5 Å². The standard InChI is InChI=1S/C21H30N4O/c1-16(2)19-22-20(23-26-19)25-11-9-21(10-12-25)13-18(14-24(3)15-21)17-7-5-4-6-8-17/h4-8,16,18H,9-15H2,1-3H3. The average Bonchev–Trinajstić information content (AvgIpc) is 3.13. The fourth-order valence-corrected chi connectivity index (χ4v) is 4.75. The number of hydrogen-bond donors (Lipinski definition) is 0. The number of rotatable bonds is 3. The largest absolute Gasteiger partial charge is 0.338 e. The molecule has 1 aromatic carbocycles. The molecule has 2 aliphatic rings. The van der Waals surface area contributed by atoms with Crippen molar-refractivity contribution in [2.24, 2.45) is 5.41 Å². The Labute approximate surface area is 156 Å².